The third-order valence-electron chi connectivity index (χ3n) is 3.87. The van der Waals surface area contributed by atoms with Crippen molar-refractivity contribution in [3.8, 4) is 11.3 Å². The van der Waals surface area contributed by atoms with Crippen LogP contribution in [0.5, 0.6) is 0 Å². The van der Waals surface area contributed by atoms with E-state index >= 15 is 0 Å². The van der Waals surface area contributed by atoms with Crippen molar-refractivity contribution in [2.45, 2.75) is 6.04 Å². The normalized spacial score (nSPS) is 12.4. The van der Waals surface area contributed by atoms with Gasteiger partial charge in [-0.25, -0.2) is 9.97 Å². The molecule has 1 unspecified atom stereocenters. The van der Waals surface area contributed by atoms with Crippen molar-refractivity contribution in [3.63, 3.8) is 0 Å². The number of hydrogen-bond acceptors (Lipinski definition) is 7. The lowest BCUT2D eigenvalue weighted by Crippen LogP contribution is -2.18. The number of fused-ring (bicyclic) bond motifs is 1. The number of nitrogens with zero attached hydrogens (tertiary/aromatic N) is 4. The first-order valence-corrected chi connectivity index (χ1v) is 7.68. The highest BCUT2D eigenvalue weighted by Gasteiger charge is 2.16. The second-order valence-electron chi connectivity index (χ2n) is 5.49. The molecule has 4 rings (SSSR count). The van der Waals surface area contributed by atoms with Gasteiger partial charge in [-0.3, -0.25) is 5.10 Å². The van der Waals surface area contributed by atoms with E-state index in [9.17, 15) is 5.11 Å². The third kappa shape index (κ3) is 2.88. The van der Waals surface area contributed by atoms with Gasteiger partial charge in [0, 0.05) is 29.5 Å². The van der Waals surface area contributed by atoms with Crippen LogP contribution < -0.4 is 11.1 Å². The zero-order valence-electron chi connectivity index (χ0n) is 13.1. The molecule has 6 N–H and O–H groups in total. The summed E-state index contributed by atoms with van der Waals surface area (Å²) >= 11 is 0. The van der Waals surface area contributed by atoms with Gasteiger partial charge in [-0.05, 0) is 18.2 Å². The number of aliphatic hydroxyl groups is 1. The molecule has 1 atom stereocenters. The van der Waals surface area contributed by atoms with Crippen LogP contribution in [0.25, 0.3) is 22.2 Å². The molecule has 0 amide bonds. The maximum atomic E-state index is 9.66. The van der Waals surface area contributed by atoms with E-state index < -0.39 is 6.04 Å². The van der Waals surface area contributed by atoms with Gasteiger partial charge in [0.1, 0.15) is 17.7 Å². The van der Waals surface area contributed by atoms with Gasteiger partial charge >= 0.3 is 0 Å². The molecule has 25 heavy (non-hydrogen) atoms. The van der Waals surface area contributed by atoms with Crippen LogP contribution in [0.1, 0.15) is 11.9 Å². The molecule has 0 saturated carbocycles. The second-order valence-corrected chi connectivity index (χ2v) is 5.49. The van der Waals surface area contributed by atoms with Crippen molar-refractivity contribution < 1.29 is 5.11 Å². The zero-order chi connectivity index (χ0) is 17.2. The van der Waals surface area contributed by atoms with Crippen LogP contribution in [0.2, 0.25) is 0 Å². The molecule has 0 saturated heterocycles. The molecule has 0 aliphatic rings. The number of nitrogens with two attached hydrogens (primary N) is 1. The monoisotopic (exact) mass is 336 g/mol. The average molecular weight is 336 g/mol. The van der Waals surface area contributed by atoms with E-state index in [-0.39, 0.29) is 12.6 Å². The number of nitrogen functional groups attached to an aromatic ring is 1. The van der Waals surface area contributed by atoms with E-state index in [0.717, 1.165) is 16.6 Å². The zero-order valence-corrected chi connectivity index (χ0v) is 13.1. The van der Waals surface area contributed by atoms with Crippen LogP contribution >= 0.6 is 0 Å². The number of anilines is 2. The predicted octanol–water partition coefficient (Wildman–Crippen LogP) is 1.47. The predicted molar refractivity (Wildman–Crippen MR) is 93.6 cm³/mol. The molecule has 126 valence electrons. The molecule has 3 heterocycles. The van der Waals surface area contributed by atoms with Crippen LogP contribution in [0, 0.1) is 0 Å². The number of aromatic nitrogens is 6. The largest absolute Gasteiger partial charge is 0.394 e. The SMILES string of the molecule is Nc1nc(NC(CO)c2ncc[nH]2)c2ccc(-c3ccn[nH]3)cc2n1. The van der Waals surface area contributed by atoms with E-state index in [1.165, 1.54) is 0 Å². The Morgan fingerprint density at radius 3 is 2.84 bits per heavy atom. The van der Waals surface area contributed by atoms with Crippen molar-refractivity contribution in [2.24, 2.45) is 0 Å². The van der Waals surface area contributed by atoms with Crippen molar-refractivity contribution in [1.29, 1.82) is 0 Å². The van der Waals surface area contributed by atoms with E-state index in [4.69, 9.17) is 5.73 Å². The van der Waals surface area contributed by atoms with E-state index in [0.29, 0.717) is 17.2 Å². The summed E-state index contributed by atoms with van der Waals surface area (Å²) < 4.78 is 0. The van der Waals surface area contributed by atoms with Crippen LogP contribution in [0.3, 0.4) is 0 Å². The first kappa shape index (κ1) is 15.1. The maximum absolute atomic E-state index is 9.66. The number of aromatic amines is 2. The second kappa shape index (κ2) is 6.21. The van der Waals surface area contributed by atoms with Crippen LogP contribution in [0.4, 0.5) is 11.8 Å². The molecule has 9 nitrogen and oxygen atoms in total. The van der Waals surface area contributed by atoms with Gasteiger partial charge < -0.3 is 21.1 Å². The topological polar surface area (TPSA) is 141 Å². The molecule has 1 aromatic carbocycles. The Kier molecular flexibility index (Phi) is 3.75. The maximum Gasteiger partial charge on any atom is 0.222 e. The van der Waals surface area contributed by atoms with Gasteiger partial charge in [0.15, 0.2) is 0 Å². The summed E-state index contributed by atoms with van der Waals surface area (Å²) in [4.78, 5) is 15.7. The van der Waals surface area contributed by atoms with E-state index in [1.54, 1.807) is 18.6 Å². The molecule has 0 fully saturated rings. The fraction of sp³-hybridized carbons (Fsp3) is 0.125. The minimum Gasteiger partial charge on any atom is -0.394 e. The highest BCUT2D eigenvalue weighted by molar-refractivity contribution is 5.92. The summed E-state index contributed by atoms with van der Waals surface area (Å²) in [6.07, 6.45) is 5.02. The minimum atomic E-state index is -0.431. The molecule has 9 heteroatoms. The van der Waals surface area contributed by atoms with Gasteiger partial charge in [0.05, 0.1) is 17.8 Å². The number of aliphatic hydroxyl groups excluding tert-OH is 1. The number of H-pyrrole nitrogens is 2. The lowest BCUT2D eigenvalue weighted by atomic mass is 10.1. The lowest BCUT2D eigenvalue weighted by Gasteiger charge is -2.16. The average Bonchev–Trinajstić information content (AvgIpc) is 3.32. The lowest BCUT2D eigenvalue weighted by molar-refractivity contribution is 0.272. The minimum absolute atomic E-state index is 0.146. The van der Waals surface area contributed by atoms with Gasteiger partial charge in [-0.2, -0.15) is 10.1 Å². The first-order valence-electron chi connectivity index (χ1n) is 7.68. The molecule has 0 aliphatic heterocycles. The highest BCUT2D eigenvalue weighted by Crippen LogP contribution is 2.28. The Labute approximate surface area is 142 Å². The standard InChI is InChI=1S/C16H16N8O/c17-16-22-12-7-9(11-3-4-20-24-11)1-2-10(12)14(23-16)21-13(8-25)15-18-5-6-19-15/h1-7,13,25H,8H2,(H,18,19)(H,20,24)(H3,17,21,22,23). The molecule has 0 spiro atoms. The number of imidazole rings is 1. The van der Waals surface area contributed by atoms with Crippen molar-refractivity contribution in [2.75, 3.05) is 17.7 Å². The Bertz CT molecular complexity index is 981. The van der Waals surface area contributed by atoms with Crippen LogP contribution in [-0.2, 0) is 0 Å². The summed E-state index contributed by atoms with van der Waals surface area (Å²) in [6.45, 7) is -0.148. The van der Waals surface area contributed by atoms with Crippen LogP contribution in [0.15, 0.2) is 42.9 Å². The van der Waals surface area contributed by atoms with Crippen LogP contribution in [-0.4, -0.2) is 41.8 Å². The Hall–Kier alpha value is -3.46. The Morgan fingerprint density at radius 1 is 1.20 bits per heavy atom. The van der Waals surface area contributed by atoms with Gasteiger partial charge in [0.2, 0.25) is 5.95 Å². The van der Waals surface area contributed by atoms with Crippen molar-refractivity contribution >= 4 is 22.7 Å². The van der Waals surface area contributed by atoms with Crippen molar-refractivity contribution in [1.82, 2.24) is 30.1 Å². The summed E-state index contributed by atoms with van der Waals surface area (Å²) in [5.41, 5.74) is 8.38. The molecule has 0 aliphatic carbocycles. The van der Waals surface area contributed by atoms with Crippen molar-refractivity contribution in [3.05, 3.63) is 48.7 Å². The molecular weight excluding hydrogens is 320 g/mol. The fourth-order valence-electron chi connectivity index (χ4n) is 2.68. The number of rotatable bonds is 5. The number of nitrogens with one attached hydrogen (secondary N) is 3. The highest BCUT2D eigenvalue weighted by atomic mass is 16.3. The van der Waals surface area contributed by atoms with Gasteiger partial charge in [-0.15, -0.1) is 0 Å². The number of benzene rings is 1. The summed E-state index contributed by atoms with van der Waals surface area (Å²) in [5, 5.41) is 20.5. The third-order valence-corrected chi connectivity index (χ3v) is 3.87. The fourth-order valence-corrected chi connectivity index (χ4v) is 2.68. The Morgan fingerprint density at radius 2 is 2.12 bits per heavy atom. The summed E-state index contributed by atoms with van der Waals surface area (Å²) in [6, 6.07) is 7.21. The van der Waals surface area contributed by atoms with E-state index in [1.807, 2.05) is 24.3 Å². The quantitative estimate of drug-likeness (QED) is 0.371. The smallest absolute Gasteiger partial charge is 0.222 e. The number of hydrogen-bond donors (Lipinski definition) is 5. The Balaban J connectivity index is 1.76. The molecule has 0 bridgehead atoms. The molecule has 0 radical (unpaired) electrons. The van der Waals surface area contributed by atoms with Gasteiger partial charge in [-0.1, -0.05) is 6.07 Å². The van der Waals surface area contributed by atoms with E-state index in [2.05, 4.69) is 35.5 Å². The molecule has 4 aromatic rings. The molecule has 3 aromatic heterocycles. The molecular formula is C16H16N8O. The van der Waals surface area contributed by atoms with Gasteiger partial charge in [0.25, 0.3) is 0 Å². The first-order chi connectivity index (χ1) is 12.2. The summed E-state index contributed by atoms with van der Waals surface area (Å²) in [5.74, 6) is 1.30. The summed E-state index contributed by atoms with van der Waals surface area (Å²) in [7, 11) is 0.